The number of H-pyrrole nitrogens is 1. The summed E-state index contributed by atoms with van der Waals surface area (Å²) in [7, 11) is 0. The fourth-order valence-electron chi connectivity index (χ4n) is 2.66. The summed E-state index contributed by atoms with van der Waals surface area (Å²) in [6.45, 7) is 0. The molecule has 0 radical (unpaired) electrons. The molecular weight excluding hydrogens is 465 g/mol. The minimum absolute atomic E-state index is 0.0363. The van der Waals surface area contributed by atoms with Crippen LogP contribution in [0.2, 0.25) is 10.0 Å². The predicted octanol–water partition coefficient (Wildman–Crippen LogP) is 3.10. The maximum atomic E-state index is 12.1. The minimum Gasteiger partial charge on any atom is -0.453 e. The first-order valence-electron chi connectivity index (χ1n) is 8.43. The van der Waals surface area contributed by atoms with Crippen LogP contribution in [0.3, 0.4) is 0 Å². The topological polar surface area (TPSA) is 123 Å². The molecule has 0 aliphatic carbocycles. The van der Waals surface area contributed by atoms with E-state index in [1.807, 2.05) is 15.7 Å². The van der Waals surface area contributed by atoms with Crippen LogP contribution in [0.25, 0.3) is 11.4 Å². The van der Waals surface area contributed by atoms with Crippen LogP contribution in [-0.4, -0.2) is 19.3 Å². The number of thiophene rings is 1. The molecule has 1 N–H and O–H groups in total. The average molecular weight is 474 g/mol. The monoisotopic (exact) mass is 473 g/mol. The highest BCUT2D eigenvalue weighted by molar-refractivity contribution is 7.08. The summed E-state index contributed by atoms with van der Waals surface area (Å²) < 4.78 is 7.98. The van der Waals surface area contributed by atoms with E-state index in [1.54, 1.807) is 12.1 Å². The second kappa shape index (κ2) is 8.23. The summed E-state index contributed by atoms with van der Waals surface area (Å²) in [5, 5.41) is 16.4. The van der Waals surface area contributed by atoms with Crippen LogP contribution in [0.4, 0.5) is 0 Å². The zero-order valence-electron chi connectivity index (χ0n) is 15.2. The summed E-state index contributed by atoms with van der Waals surface area (Å²) in [5.74, 6) is 0.383. The van der Waals surface area contributed by atoms with Gasteiger partial charge in [-0.15, -0.1) is 5.10 Å². The molecule has 3 heterocycles. The van der Waals surface area contributed by atoms with E-state index in [2.05, 4.69) is 5.10 Å². The van der Waals surface area contributed by atoms with Crippen LogP contribution in [0, 0.1) is 11.3 Å². The lowest BCUT2D eigenvalue weighted by molar-refractivity contribution is 0.478. The molecule has 0 atom stereocenters. The van der Waals surface area contributed by atoms with Crippen molar-refractivity contribution in [3.05, 3.63) is 94.2 Å². The van der Waals surface area contributed by atoms with Gasteiger partial charge in [0.15, 0.2) is 5.75 Å². The lowest BCUT2D eigenvalue weighted by atomic mass is 10.3. The molecule has 0 unspecified atom stereocenters. The smallest absolute Gasteiger partial charge is 0.349 e. The highest BCUT2D eigenvalue weighted by Gasteiger charge is 2.15. The lowest BCUT2D eigenvalue weighted by Crippen LogP contribution is -2.33. The summed E-state index contributed by atoms with van der Waals surface area (Å²) in [6.07, 6.45) is 1.50. The Morgan fingerprint density at radius 3 is 2.48 bits per heavy atom. The standard InChI is InChI=1S/C19H9Cl2N5O4S/c20-13-5-11(26-19(29)23-18(28)15(7-22)24-26)6-14(21)17(13)30-12-1-2-16(27)25(8-12)10-3-4-31-9-10/h1-6,8-9H,(H,23,28,29). The van der Waals surface area contributed by atoms with Crippen molar-refractivity contribution >= 4 is 34.5 Å². The fourth-order valence-corrected chi connectivity index (χ4v) is 3.84. The van der Waals surface area contributed by atoms with Gasteiger partial charge in [-0.25, -0.2) is 4.79 Å². The van der Waals surface area contributed by atoms with Gasteiger partial charge in [0.05, 0.1) is 27.6 Å². The van der Waals surface area contributed by atoms with Crippen molar-refractivity contribution in [1.82, 2.24) is 19.3 Å². The van der Waals surface area contributed by atoms with E-state index in [-0.39, 0.29) is 27.0 Å². The van der Waals surface area contributed by atoms with Crippen molar-refractivity contribution in [2.75, 3.05) is 0 Å². The Morgan fingerprint density at radius 1 is 1.10 bits per heavy atom. The first-order chi connectivity index (χ1) is 14.9. The van der Waals surface area contributed by atoms with Crippen molar-refractivity contribution in [2.24, 2.45) is 0 Å². The van der Waals surface area contributed by atoms with Gasteiger partial charge in [-0.1, -0.05) is 23.2 Å². The van der Waals surface area contributed by atoms with Crippen molar-refractivity contribution in [1.29, 1.82) is 5.26 Å². The molecule has 9 nitrogen and oxygen atoms in total. The molecule has 1 aromatic carbocycles. The van der Waals surface area contributed by atoms with E-state index < -0.39 is 16.9 Å². The zero-order chi connectivity index (χ0) is 22.1. The van der Waals surface area contributed by atoms with Crippen LogP contribution in [0.1, 0.15) is 5.69 Å². The molecular formula is C19H9Cl2N5O4S. The largest absolute Gasteiger partial charge is 0.453 e. The normalized spacial score (nSPS) is 10.6. The van der Waals surface area contributed by atoms with Gasteiger partial charge in [-0.3, -0.25) is 19.1 Å². The van der Waals surface area contributed by atoms with E-state index in [1.165, 1.54) is 46.4 Å². The molecule has 4 aromatic rings. The molecule has 0 saturated carbocycles. The number of nitriles is 1. The first kappa shape index (κ1) is 20.6. The summed E-state index contributed by atoms with van der Waals surface area (Å²) in [5.41, 5.74) is -1.71. The highest BCUT2D eigenvalue weighted by atomic mass is 35.5. The van der Waals surface area contributed by atoms with Gasteiger partial charge in [0, 0.05) is 11.4 Å². The molecule has 12 heteroatoms. The Balaban J connectivity index is 1.74. The number of aromatic amines is 1. The molecule has 0 bridgehead atoms. The number of nitrogens with zero attached hydrogens (tertiary/aromatic N) is 4. The third-order valence-electron chi connectivity index (χ3n) is 4.05. The second-order valence-electron chi connectivity index (χ2n) is 6.03. The van der Waals surface area contributed by atoms with E-state index >= 15 is 0 Å². The lowest BCUT2D eigenvalue weighted by Gasteiger charge is -2.13. The SMILES string of the molecule is N#Cc1nn(-c2cc(Cl)c(Oc3ccc(=O)n(-c4ccsc4)c3)c(Cl)c2)c(=O)[nH]c1=O. The number of halogens is 2. The van der Waals surface area contributed by atoms with Crippen LogP contribution in [0.15, 0.2) is 61.7 Å². The number of nitrogens with one attached hydrogen (secondary N) is 1. The number of benzene rings is 1. The van der Waals surface area contributed by atoms with Crippen molar-refractivity contribution < 1.29 is 4.74 Å². The Kier molecular flexibility index (Phi) is 5.48. The molecule has 0 aliphatic rings. The van der Waals surface area contributed by atoms with Gasteiger partial charge in [-0.2, -0.15) is 21.3 Å². The second-order valence-corrected chi connectivity index (χ2v) is 7.62. The number of ether oxygens (including phenoxy) is 1. The minimum atomic E-state index is -0.901. The number of hydrogen-bond donors (Lipinski definition) is 1. The third kappa shape index (κ3) is 4.02. The first-order valence-corrected chi connectivity index (χ1v) is 10.1. The van der Waals surface area contributed by atoms with E-state index in [4.69, 9.17) is 33.2 Å². The fraction of sp³-hybridized carbons (Fsp3) is 0. The van der Waals surface area contributed by atoms with Crippen molar-refractivity contribution in [3.63, 3.8) is 0 Å². The summed E-state index contributed by atoms with van der Waals surface area (Å²) in [6, 6.07) is 8.87. The van der Waals surface area contributed by atoms with Gasteiger partial charge in [0.1, 0.15) is 11.8 Å². The van der Waals surface area contributed by atoms with Crippen LogP contribution in [-0.2, 0) is 0 Å². The molecule has 0 saturated heterocycles. The molecule has 0 spiro atoms. The maximum absolute atomic E-state index is 12.1. The Bertz CT molecular complexity index is 1490. The van der Waals surface area contributed by atoms with Crippen LogP contribution < -0.4 is 21.5 Å². The average Bonchev–Trinajstić information content (AvgIpc) is 3.26. The third-order valence-corrected chi connectivity index (χ3v) is 5.28. The summed E-state index contributed by atoms with van der Waals surface area (Å²) in [4.78, 5) is 37.7. The maximum Gasteiger partial charge on any atom is 0.349 e. The number of hydrogen-bond acceptors (Lipinski definition) is 7. The molecule has 0 aliphatic heterocycles. The highest BCUT2D eigenvalue weighted by Crippen LogP contribution is 2.38. The molecule has 31 heavy (non-hydrogen) atoms. The molecule has 3 aromatic heterocycles. The van der Waals surface area contributed by atoms with Gasteiger partial charge < -0.3 is 4.74 Å². The van der Waals surface area contributed by atoms with Crippen molar-refractivity contribution in [2.45, 2.75) is 0 Å². The zero-order valence-corrected chi connectivity index (χ0v) is 17.5. The Morgan fingerprint density at radius 2 is 1.84 bits per heavy atom. The van der Waals surface area contributed by atoms with Gasteiger partial charge in [0.25, 0.3) is 11.1 Å². The van der Waals surface area contributed by atoms with Gasteiger partial charge in [0.2, 0.25) is 5.69 Å². The van der Waals surface area contributed by atoms with E-state index in [9.17, 15) is 14.4 Å². The number of rotatable bonds is 4. The molecule has 0 fully saturated rings. The number of aromatic nitrogens is 4. The van der Waals surface area contributed by atoms with E-state index in [0.717, 1.165) is 4.68 Å². The molecule has 154 valence electrons. The molecule has 4 rings (SSSR count). The quantitative estimate of drug-likeness (QED) is 0.485. The van der Waals surface area contributed by atoms with Gasteiger partial charge >= 0.3 is 5.69 Å². The van der Waals surface area contributed by atoms with Crippen molar-refractivity contribution in [3.8, 4) is 28.9 Å². The van der Waals surface area contributed by atoms with Gasteiger partial charge in [-0.05, 0) is 29.6 Å². The van der Waals surface area contributed by atoms with Crippen LogP contribution in [0.5, 0.6) is 11.5 Å². The Hall–Kier alpha value is -3.65. The molecule has 0 amide bonds. The Labute approximate surface area is 186 Å². The summed E-state index contributed by atoms with van der Waals surface area (Å²) >= 11 is 14.1. The van der Waals surface area contributed by atoms with Crippen LogP contribution >= 0.6 is 34.5 Å². The predicted molar refractivity (Wildman–Crippen MR) is 115 cm³/mol. The van der Waals surface area contributed by atoms with E-state index in [0.29, 0.717) is 11.4 Å². The number of pyridine rings is 1.